The number of rotatable bonds is 6. The van der Waals surface area contributed by atoms with E-state index in [4.69, 9.17) is 10.5 Å². The van der Waals surface area contributed by atoms with Crippen molar-refractivity contribution in [1.29, 1.82) is 0 Å². The molecule has 5 aromatic rings. The molecule has 5 rings (SSSR count). The van der Waals surface area contributed by atoms with Crippen molar-refractivity contribution in [2.45, 2.75) is 6.54 Å². The summed E-state index contributed by atoms with van der Waals surface area (Å²) in [5.74, 6) is -1.52. The second-order valence-electron chi connectivity index (χ2n) is 7.62. The predicted octanol–water partition coefficient (Wildman–Crippen LogP) is 0.228. The maximum Gasteiger partial charge on any atom is 1.00 e. The molecule has 0 saturated heterocycles. The minimum Gasteiger partial charge on any atom is -0.546 e. The molecule has 0 fully saturated rings. The first-order chi connectivity index (χ1) is 15.5. The number of carbonyl (C=O) groups excluding carboxylic acids is 2. The van der Waals surface area contributed by atoms with Gasteiger partial charge in [-0.3, -0.25) is 4.79 Å². The molecule has 7 heteroatoms. The van der Waals surface area contributed by atoms with E-state index in [1.165, 1.54) is 0 Å². The molecule has 0 atom stereocenters. The number of amides is 1. The smallest absolute Gasteiger partial charge is 0.546 e. The Morgan fingerprint density at radius 2 is 1.64 bits per heavy atom. The van der Waals surface area contributed by atoms with Crippen LogP contribution in [0.15, 0.2) is 78.9 Å². The largest absolute Gasteiger partial charge is 1.00 e. The molecule has 0 aliphatic rings. The van der Waals surface area contributed by atoms with Crippen LogP contribution in [0.25, 0.3) is 32.6 Å². The van der Waals surface area contributed by atoms with Gasteiger partial charge in [0.15, 0.2) is 0 Å². The Balaban J connectivity index is 0.00000259. The zero-order valence-corrected chi connectivity index (χ0v) is 20.1. The molecule has 4 aromatic carbocycles. The number of hydrogen-bond donors (Lipinski definition) is 1. The Morgan fingerprint density at radius 1 is 0.909 bits per heavy atom. The number of primary amides is 1. The normalized spacial score (nSPS) is 10.9. The van der Waals surface area contributed by atoms with Gasteiger partial charge in [0.05, 0.1) is 22.4 Å². The number of carboxylic acid groups (broad SMARTS) is 1. The third-order valence-corrected chi connectivity index (χ3v) is 5.63. The zero-order valence-electron chi connectivity index (χ0n) is 18.1. The minimum absolute atomic E-state index is 0. The second-order valence-corrected chi connectivity index (χ2v) is 7.62. The minimum atomic E-state index is -1.32. The number of fused-ring (bicyclic) bond motifs is 5. The van der Waals surface area contributed by atoms with E-state index >= 15 is 0 Å². The van der Waals surface area contributed by atoms with Crippen LogP contribution in [-0.2, 0) is 11.3 Å². The van der Waals surface area contributed by atoms with Crippen molar-refractivity contribution < 1.29 is 49.0 Å². The molecule has 0 radical (unpaired) electrons. The van der Waals surface area contributed by atoms with E-state index in [0.29, 0.717) is 28.6 Å². The number of hydrogen-bond acceptors (Lipinski definition) is 4. The molecule has 6 nitrogen and oxygen atoms in total. The average molecular weight is 446 g/mol. The summed E-state index contributed by atoms with van der Waals surface area (Å²) in [6.45, 7) is -0.0471. The van der Waals surface area contributed by atoms with Gasteiger partial charge in [-0.15, -0.1) is 0 Å². The number of ether oxygens (including phenoxy) is 1. The van der Waals surface area contributed by atoms with E-state index in [-0.39, 0.29) is 29.6 Å². The summed E-state index contributed by atoms with van der Waals surface area (Å²) >= 11 is 0. The molecule has 0 unspecified atom stereocenters. The number of carbonyl (C=O) groups is 2. The Bertz CT molecular complexity index is 1510. The molecular formula is C26H19N2NaO4. The van der Waals surface area contributed by atoms with Gasteiger partial charge in [0.25, 0.3) is 0 Å². The Labute approximate surface area is 211 Å². The summed E-state index contributed by atoms with van der Waals surface area (Å²) in [5, 5.41) is 14.3. The number of carboxylic acids is 1. The molecule has 1 heterocycles. The average Bonchev–Trinajstić information content (AvgIpc) is 3.13. The fraction of sp³-hybridized carbons (Fsp3) is 0.0769. The van der Waals surface area contributed by atoms with Crippen molar-refractivity contribution >= 4 is 44.5 Å². The third-order valence-electron chi connectivity index (χ3n) is 5.63. The second kappa shape index (κ2) is 9.27. The van der Waals surface area contributed by atoms with Crippen LogP contribution in [0.2, 0.25) is 0 Å². The third kappa shape index (κ3) is 4.09. The number of benzene rings is 4. The fourth-order valence-corrected chi connectivity index (χ4v) is 4.36. The van der Waals surface area contributed by atoms with Crippen LogP contribution in [0.5, 0.6) is 5.75 Å². The van der Waals surface area contributed by atoms with Crippen LogP contribution in [0, 0.1) is 0 Å². The number of aromatic nitrogens is 1. The number of nitrogens with two attached hydrogens (primary N) is 1. The maximum atomic E-state index is 12.3. The van der Waals surface area contributed by atoms with Crippen LogP contribution in [0.1, 0.15) is 15.9 Å². The van der Waals surface area contributed by atoms with E-state index in [1.807, 2.05) is 60.7 Å². The van der Waals surface area contributed by atoms with Crippen LogP contribution in [0.4, 0.5) is 0 Å². The van der Waals surface area contributed by atoms with Gasteiger partial charge in [0.2, 0.25) is 5.91 Å². The van der Waals surface area contributed by atoms with Crippen LogP contribution in [-0.4, -0.2) is 23.1 Å². The van der Waals surface area contributed by atoms with Gasteiger partial charge in [-0.25, -0.2) is 0 Å². The van der Waals surface area contributed by atoms with E-state index in [1.54, 1.807) is 18.2 Å². The van der Waals surface area contributed by atoms with Gasteiger partial charge in [-0.1, -0.05) is 60.7 Å². The fourth-order valence-electron chi connectivity index (χ4n) is 4.36. The Hall–Kier alpha value is -3.32. The van der Waals surface area contributed by atoms with Crippen molar-refractivity contribution in [2.75, 3.05) is 6.61 Å². The molecule has 0 bridgehead atoms. The summed E-state index contributed by atoms with van der Waals surface area (Å²) in [7, 11) is 0. The first-order valence-electron chi connectivity index (χ1n) is 10.2. The maximum absolute atomic E-state index is 12.3. The summed E-state index contributed by atoms with van der Waals surface area (Å²) in [6.07, 6.45) is 0. The van der Waals surface area contributed by atoms with Gasteiger partial charge < -0.3 is 24.9 Å². The number of nitrogens with zero attached hydrogens (tertiary/aromatic N) is 1. The predicted molar refractivity (Wildman–Crippen MR) is 122 cm³/mol. The van der Waals surface area contributed by atoms with Crippen molar-refractivity contribution in [2.24, 2.45) is 5.73 Å². The molecule has 1 amide bonds. The van der Waals surface area contributed by atoms with Gasteiger partial charge in [-0.05, 0) is 29.1 Å². The van der Waals surface area contributed by atoms with Gasteiger partial charge >= 0.3 is 29.6 Å². The summed E-state index contributed by atoms with van der Waals surface area (Å²) in [5.41, 5.74) is 8.83. The van der Waals surface area contributed by atoms with Crippen molar-refractivity contribution in [3.8, 4) is 5.75 Å². The Morgan fingerprint density at radius 3 is 2.36 bits per heavy atom. The summed E-state index contributed by atoms with van der Waals surface area (Å²) in [6, 6.07) is 25.0. The molecule has 0 aliphatic heterocycles. The topological polar surface area (TPSA) is 97.4 Å². The molecule has 2 N–H and O–H groups in total. The molecule has 33 heavy (non-hydrogen) atoms. The van der Waals surface area contributed by atoms with Crippen molar-refractivity contribution in [3.05, 3.63) is 90.0 Å². The van der Waals surface area contributed by atoms with E-state index < -0.39 is 18.5 Å². The van der Waals surface area contributed by atoms with Gasteiger partial charge in [-0.2, -0.15) is 0 Å². The zero-order chi connectivity index (χ0) is 22.2. The SMILES string of the molecule is NC(=O)c1cccc2c1c1c(OCC(=O)[O-])cc3ccccc3c1n2Cc1ccccc1.[Na+]. The molecular weight excluding hydrogens is 427 g/mol. The van der Waals surface area contributed by atoms with E-state index in [0.717, 1.165) is 27.4 Å². The van der Waals surface area contributed by atoms with Crippen LogP contribution < -0.4 is 45.1 Å². The van der Waals surface area contributed by atoms with Crippen molar-refractivity contribution in [1.82, 2.24) is 4.57 Å². The molecule has 0 spiro atoms. The quantitative estimate of drug-likeness (QED) is 0.378. The van der Waals surface area contributed by atoms with E-state index in [2.05, 4.69) is 4.57 Å². The summed E-state index contributed by atoms with van der Waals surface area (Å²) in [4.78, 5) is 23.5. The van der Waals surface area contributed by atoms with Gasteiger partial charge in [0.1, 0.15) is 12.4 Å². The monoisotopic (exact) mass is 446 g/mol. The molecule has 1 aromatic heterocycles. The molecule has 0 aliphatic carbocycles. The van der Waals surface area contributed by atoms with Crippen LogP contribution in [0.3, 0.4) is 0 Å². The number of aliphatic carboxylic acids is 1. The van der Waals surface area contributed by atoms with Crippen LogP contribution >= 0.6 is 0 Å². The van der Waals surface area contributed by atoms with Crippen molar-refractivity contribution in [3.63, 3.8) is 0 Å². The van der Waals surface area contributed by atoms with E-state index in [9.17, 15) is 14.7 Å². The summed E-state index contributed by atoms with van der Waals surface area (Å²) < 4.78 is 7.79. The van der Waals surface area contributed by atoms with Gasteiger partial charge in [0, 0.05) is 22.9 Å². The first kappa shape index (κ1) is 22.9. The Kier molecular flexibility index (Phi) is 6.42. The molecule has 0 saturated carbocycles. The first-order valence-corrected chi connectivity index (χ1v) is 10.2. The molecule has 158 valence electrons. The standard InChI is InChI=1S/C26H20N2O4.Na/c27-26(31)19-11-6-12-20-23(19)24-21(32-15-22(29)30)13-17-9-4-5-10-18(17)25(24)28(20)14-16-7-2-1-3-8-16;/h1-13H,14-15H2,(H2,27,31)(H,29,30);/q;+1/p-1.